The maximum atomic E-state index is 12.3. The number of carbonyl (C=O) groups excluding carboxylic acids is 3. The third-order valence-electron chi connectivity index (χ3n) is 4.29. The molecule has 2 atom stereocenters. The fourth-order valence-electron chi connectivity index (χ4n) is 3.02. The highest BCUT2D eigenvalue weighted by atomic mass is 35.5. The van der Waals surface area contributed by atoms with Gasteiger partial charge < -0.3 is 15.0 Å². The van der Waals surface area contributed by atoms with Gasteiger partial charge in [0, 0.05) is 12.2 Å². The lowest BCUT2D eigenvalue weighted by Gasteiger charge is -2.29. The molecule has 2 heterocycles. The molecule has 0 radical (unpaired) electrons. The number of benzene rings is 1. The van der Waals surface area contributed by atoms with Crippen molar-refractivity contribution >= 4 is 58.4 Å². The van der Waals surface area contributed by atoms with E-state index >= 15 is 0 Å². The van der Waals surface area contributed by atoms with Crippen LogP contribution in [0.15, 0.2) is 18.2 Å². The molecule has 0 bridgehead atoms. The molecule has 0 saturated carbocycles. The van der Waals surface area contributed by atoms with E-state index < -0.39 is 24.5 Å². The lowest BCUT2D eigenvalue weighted by Crippen LogP contribution is -2.47. The van der Waals surface area contributed by atoms with Crippen molar-refractivity contribution in [3.8, 4) is 0 Å². The number of rotatable bonds is 4. The Bertz CT molecular complexity index is 725. The smallest absolute Gasteiger partial charge is 0.330 e. The Labute approximate surface area is 159 Å². The van der Waals surface area contributed by atoms with Gasteiger partial charge >= 0.3 is 5.97 Å². The zero-order chi connectivity index (χ0) is 18.2. The zero-order valence-electron chi connectivity index (χ0n) is 13.4. The molecule has 0 spiro atoms. The van der Waals surface area contributed by atoms with Gasteiger partial charge in [-0.05, 0) is 25.5 Å². The molecule has 134 valence electrons. The van der Waals surface area contributed by atoms with Gasteiger partial charge in [0.25, 0.3) is 5.91 Å². The SMILES string of the molecule is C[C@]12CCC(=O)N1[C@H](C(=O)OCC(=O)Nc1c(Cl)cccc1Cl)CS2. The largest absolute Gasteiger partial charge is 0.454 e. The van der Waals surface area contributed by atoms with Crippen molar-refractivity contribution in [3.63, 3.8) is 0 Å². The Morgan fingerprint density at radius 2 is 2.08 bits per heavy atom. The number of ether oxygens (including phenoxy) is 1. The van der Waals surface area contributed by atoms with Crippen molar-refractivity contribution in [1.82, 2.24) is 4.90 Å². The van der Waals surface area contributed by atoms with E-state index in [1.807, 2.05) is 6.92 Å². The number of anilines is 1. The minimum absolute atomic E-state index is 0.0539. The summed E-state index contributed by atoms with van der Waals surface area (Å²) in [6.07, 6.45) is 1.14. The van der Waals surface area contributed by atoms with Gasteiger partial charge in [-0.2, -0.15) is 0 Å². The van der Waals surface area contributed by atoms with Gasteiger partial charge in [0.2, 0.25) is 5.91 Å². The predicted octanol–water partition coefficient (Wildman–Crippen LogP) is 2.93. The number of halogens is 2. The van der Waals surface area contributed by atoms with Crippen molar-refractivity contribution < 1.29 is 19.1 Å². The van der Waals surface area contributed by atoms with E-state index in [9.17, 15) is 14.4 Å². The van der Waals surface area contributed by atoms with E-state index in [2.05, 4.69) is 5.32 Å². The van der Waals surface area contributed by atoms with Crippen molar-refractivity contribution in [2.45, 2.75) is 30.7 Å². The van der Waals surface area contributed by atoms with E-state index in [0.29, 0.717) is 18.6 Å². The molecular formula is C16H16Cl2N2O4S. The summed E-state index contributed by atoms with van der Waals surface area (Å²) in [6, 6.07) is 4.18. The first-order chi connectivity index (χ1) is 11.8. The highest BCUT2D eigenvalue weighted by molar-refractivity contribution is 8.01. The highest BCUT2D eigenvalue weighted by Crippen LogP contribution is 2.47. The molecule has 0 unspecified atom stereocenters. The molecular weight excluding hydrogens is 387 g/mol. The average Bonchev–Trinajstić information content (AvgIpc) is 3.05. The Balaban J connectivity index is 1.58. The summed E-state index contributed by atoms with van der Waals surface area (Å²) in [5, 5.41) is 3.10. The second-order valence-electron chi connectivity index (χ2n) is 6.02. The summed E-state index contributed by atoms with van der Waals surface area (Å²) >= 11 is 13.5. The summed E-state index contributed by atoms with van der Waals surface area (Å²) < 4.78 is 5.10. The second-order valence-corrected chi connectivity index (χ2v) is 8.33. The normalized spacial score (nSPS) is 25.0. The summed E-state index contributed by atoms with van der Waals surface area (Å²) in [5.74, 6) is -0.711. The van der Waals surface area contributed by atoms with Crippen LogP contribution in [-0.2, 0) is 19.1 Å². The predicted molar refractivity (Wildman–Crippen MR) is 96.8 cm³/mol. The van der Waals surface area contributed by atoms with Crippen molar-refractivity contribution in [2.24, 2.45) is 0 Å². The number of hydrogen-bond donors (Lipinski definition) is 1. The van der Waals surface area contributed by atoms with Gasteiger partial charge in [-0.3, -0.25) is 9.59 Å². The van der Waals surface area contributed by atoms with Gasteiger partial charge in [0.05, 0.1) is 20.6 Å². The topological polar surface area (TPSA) is 75.7 Å². The Kier molecular flexibility index (Phi) is 5.18. The first-order valence-corrected chi connectivity index (χ1v) is 9.42. The molecule has 25 heavy (non-hydrogen) atoms. The fraction of sp³-hybridized carbons (Fsp3) is 0.438. The number of thioether (sulfide) groups is 1. The lowest BCUT2D eigenvalue weighted by molar-refractivity contribution is -0.155. The quantitative estimate of drug-likeness (QED) is 0.783. The summed E-state index contributed by atoms with van der Waals surface area (Å²) in [7, 11) is 0. The summed E-state index contributed by atoms with van der Waals surface area (Å²) in [5.41, 5.74) is 0.269. The number of nitrogens with one attached hydrogen (secondary N) is 1. The number of amides is 2. The Hall–Kier alpha value is -1.44. The molecule has 2 aliphatic heterocycles. The maximum absolute atomic E-state index is 12.3. The van der Waals surface area contributed by atoms with Crippen LogP contribution >= 0.6 is 35.0 Å². The van der Waals surface area contributed by atoms with E-state index in [0.717, 1.165) is 0 Å². The molecule has 1 N–H and O–H groups in total. The number of para-hydroxylation sites is 1. The van der Waals surface area contributed by atoms with E-state index in [-0.39, 0.29) is 26.5 Å². The van der Waals surface area contributed by atoms with E-state index in [1.165, 1.54) is 0 Å². The van der Waals surface area contributed by atoms with Crippen molar-refractivity contribution in [3.05, 3.63) is 28.2 Å². The minimum Gasteiger partial charge on any atom is -0.454 e. The molecule has 1 aromatic carbocycles. The van der Waals surface area contributed by atoms with Gasteiger partial charge in [-0.15, -0.1) is 11.8 Å². The van der Waals surface area contributed by atoms with Crippen molar-refractivity contribution in [2.75, 3.05) is 17.7 Å². The molecule has 6 nitrogen and oxygen atoms in total. The van der Waals surface area contributed by atoms with Gasteiger partial charge in [-0.1, -0.05) is 29.3 Å². The number of fused-ring (bicyclic) bond motifs is 1. The molecule has 2 aliphatic rings. The zero-order valence-corrected chi connectivity index (χ0v) is 15.7. The third kappa shape index (κ3) is 3.59. The number of hydrogen-bond acceptors (Lipinski definition) is 5. The molecule has 0 aliphatic carbocycles. The Morgan fingerprint density at radius 3 is 2.76 bits per heavy atom. The van der Waals surface area contributed by atoms with E-state index in [4.69, 9.17) is 27.9 Å². The Morgan fingerprint density at radius 1 is 1.40 bits per heavy atom. The summed E-state index contributed by atoms with van der Waals surface area (Å²) in [6.45, 7) is 1.47. The highest BCUT2D eigenvalue weighted by Gasteiger charge is 2.53. The molecule has 0 aromatic heterocycles. The monoisotopic (exact) mass is 402 g/mol. The molecule has 2 amide bonds. The maximum Gasteiger partial charge on any atom is 0.330 e. The van der Waals surface area contributed by atoms with Crippen LogP contribution in [0.2, 0.25) is 10.0 Å². The third-order valence-corrected chi connectivity index (χ3v) is 6.42. The van der Waals surface area contributed by atoms with Crippen LogP contribution < -0.4 is 5.32 Å². The van der Waals surface area contributed by atoms with Crippen LogP contribution in [0.3, 0.4) is 0 Å². The fourth-order valence-corrected chi connectivity index (χ4v) is 4.93. The number of carbonyl (C=O) groups is 3. The molecule has 1 aromatic rings. The first-order valence-electron chi connectivity index (χ1n) is 7.68. The van der Waals surface area contributed by atoms with Gasteiger partial charge in [-0.25, -0.2) is 4.79 Å². The van der Waals surface area contributed by atoms with Gasteiger partial charge in [0.15, 0.2) is 6.61 Å². The van der Waals surface area contributed by atoms with Crippen LogP contribution in [0, 0.1) is 0 Å². The number of esters is 1. The molecule has 2 saturated heterocycles. The minimum atomic E-state index is -0.651. The molecule has 9 heteroatoms. The van der Waals surface area contributed by atoms with Crippen LogP contribution in [0.1, 0.15) is 19.8 Å². The van der Waals surface area contributed by atoms with E-state index in [1.54, 1.807) is 34.9 Å². The van der Waals surface area contributed by atoms with Crippen LogP contribution in [0.4, 0.5) is 5.69 Å². The van der Waals surface area contributed by atoms with Crippen LogP contribution in [-0.4, -0.2) is 46.0 Å². The molecule has 2 fully saturated rings. The first kappa shape index (κ1) is 18.4. The average molecular weight is 403 g/mol. The van der Waals surface area contributed by atoms with Gasteiger partial charge in [0.1, 0.15) is 6.04 Å². The number of nitrogens with zero attached hydrogens (tertiary/aromatic N) is 1. The summed E-state index contributed by atoms with van der Waals surface area (Å²) in [4.78, 5) is 37.6. The molecule has 3 rings (SSSR count). The van der Waals surface area contributed by atoms with Crippen LogP contribution in [0.25, 0.3) is 0 Å². The second kappa shape index (κ2) is 7.05. The van der Waals surface area contributed by atoms with Crippen molar-refractivity contribution in [1.29, 1.82) is 0 Å². The standard InChI is InChI=1S/C16H16Cl2N2O4S/c1-16-6-5-13(22)20(16)11(8-25-16)15(23)24-7-12(21)19-14-9(17)3-2-4-10(14)18/h2-4,11H,5-8H2,1H3,(H,19,21)/t11-,16-/m0/s1. The lowest BCUT2D eigenvalue weighted by atomic mass is 10.2. The van der Waals surface area contributed by atoms with Crippen LogP contribution in [0.5, 0.6) is 0 Å².